The van der Waals surface area contributed by atoms with Crippen molar-refractivity contribution in [2.24, 2.45) is 0 Å². The van der Waals surface area contributed by atoms with Gasteiger partial charge in [-0.25, -0.2) is 0 Å². The van der Waals surface area contributed by atoms with Gasteiger partial charge in [-0.1, -0.05) is 27.6 Å². The molecule has 0 aromatic carbocycles. The van der Waals surface area contributed by atoms with Gasteiger partial charge in [0.25, 0.3) is 0 Å². The van der Waals surface area contributed by atoms with E-state index in [9.17, 15) is 0 Å². The first-order chi connectivity index (χ1) is 3.81. The zero-order valence-electron chi connectivity index (χ0n) is 5.58. The fraction of sp³-hybridized carbons (Fsp3) is 0.714. The lowest BCUT2D eigenvalue weighted by molar-refractivity contribution is 0.919. The van der Waals surface area contributed by atoms with Crippen molar-refractivity contribution in [3.8, 4) is 0 Å². The van der Waals surface area contributed by atoms with E-state index in [1.807, 2.05) is 0 Å². The fourth-order valence-corrected chi connectivity index (χ4v) is 0.770. The minimum absolute atomic E-state index is 1.12. The highest BCUT2D eigenvalue weighted by Gasteiger charge is 1.84. The second kappa shape index (κ2) is 5.36. The van der Waals surface area contributed by atoms with Crippen molar-refractivity contribution in [2.45, 2.75) is 26.7 Å². The zero-order valence-corrected chi connectivity index (χ0v) is 7.16. The fourth-order valence-electron chi connectivity index (χ4n) is 0.490. The van der Waals surface area contributed by atoms with E-state index < -0.39 is 0 Å². The van der Waals surface area contributed by atoms with Crippen LogP contribution in [-0.2, 0) is 0 Å². The van der Waals surface area contributed by atoms with Gasteiger partial charge in [-0.15, -0.1) is 0 Å². The molecule has 48 valence electrons. The normalized spacial score (nSPS) is 12.1. The Morgan fingerprint density at radius 1 is 1.62 bits per heavy atom. The molecule has 0 fully saturated rings. The third-order valence-corrected chi connectivity index (χ3v) is 1.76. The molecule has 0 aromatic rings. The van der Waals surface area contributed by atoms with Gasteiger partial charge in [0.2, 0.25) is 0 Å². The molecule has 0 aliphatic heterocycles. The Morgan fingerprint density at radius 3 is 2.62 bits per heavy atom. The highest BCUT2D eigenvalue weighted by molar-refractivity contribution is 9.09. The van der Waals surface area contributed by atoms with Crippen molar-refractivity contribution in [2.75, 3.05) is 5.33 Å². The molecule has 0 spiro atoms. The summed E-state index contributed by atoms with van der Waals surface area (Å²) in [5.41, 5.74) is 1.49. The first kappa shape index (κ1) is 8.22. The Kier molecular flexibility index (Phi) is 5.51. The number of alkyl halides is 1. The molecule has 0 atom stereocenters. The van der Waals surface area contributed by atoms with Crippen LogP contribution in [0.25, 0.3) is 0 Å². The Morgan fingerprint density at radius 2 is 2.25 bits per heavy atom. The maximum Gasteiger partial charge on any atom is 0.00343 e. The van der Waals surface area contributed by atoms with Gasteiger partial charge < -0.3 is 0 Å². The topological polar surface area (TPSA) is 0 Å². The van der Waals surface area contributed by atoms with Gasteiger partial charge in [0, 0.05) is 5.33 Å². The first-order valence-electron chi connectivity index (χ1n) is 2.99. The summed E-state index contributed by atoms with van der Waals surface area (Å²) in [6, 6.07) is 0. The van der Waals surface area contributed by atoms with Crippen molar-refractivity contribution in [3.05, 3.63) is 11.6 Å². The molecule has 0 aliphatic rings. The number of hydrogen-bond acceptors (Lipinski definition) is 0. The summed E-state index contributed by atoms with van der Waals surface area (Å²) >= 11 is 3.38. The Hall–Kier alpha value is 0.220. The monoisotopic (exact) mass is 176 g/mol. The van der Waals surface area contributed by atoms with Crippen LogP contribution in [0.1, 0.15) is 26.7 Å². The van der Waals surface area contributed by atoms with E-state index in [2.05, 4.69) is 35.9 Å². The van der Waals surface area contributed by atoms with E-state index in [-0.39, 0.29) is 0 Å². The quantitative estimate of drug-likeness (QED) is 0.459. The van der Waals surface area contributed by atoms with Crippen LogP contribution in [-0.4, -0.2) is 5.33 Å². The molecular weight excluding hydrogens is 164 g/mol. The van der Waals surface area contributed by atoms with Crippen LogP contribution in [0.15, 0.2) is 11.6 Å². The molecule has 1 heteroatoms. The molecule has 0 aromatic heterocycles. The van der Waals surface area contributed by atoms with Crippen molar-refractivity contribution >= 4 is 15.9 Å². The Balaban J connectivity index is 3.12. The molecule has 0 amide bonds. The lowest BCUT2D eigenvalue weighted by atomic mass is 10.2. The van der Waals surface area contributed by atoms with E-state index in [0.717, 1.165) is 5.33 Å². The second-order valence-electron chi connectivity index (χ2n) is 1.93. The second-order valence-corrected chi connectivity index (χ2v) is 2.72. The number of halogens is 1. The maximum absolute atomic E-state index is 3.38. The number of rotatable bonds is 3. The summed E-state index contributed by atoms with van der Waals surface area (Å²) in [7, 11) is 0. The molecule has 8 heavy (non-hydrogen) atoms. The average Bonchev–Trinajstić information content (AvgIpc) is 1.83. The standard InChI is InChI=1S/C7H13Br/c1-3-7(2)5-4-6-8/h3H,4-6H2,1-2H3/b7-3+. The molecule has 0 aliphatic carbocycles. The van der Waals surface area contributed by atoms with Crippen LogP contribution in [0, 0.1) is 0 Å². The summed E-state index contributed by atoms with van der Waals surface area (Å²) in [5, 5.41) is 1.12. The van der Waals surface area contributed by atoms with Crippen LogP contribution >= 0.6 is 15.9 Å². The molecule has 0 bridgehead atoms. The molecular formula is C7H13Br. The molecule has 0 saturated carbocycles. The van der Waals surface area contributed by atoms with Crippen LogP contribution in [0.5, 0.6) is 0 Å². The summed E-state index contributed by atoms with van der Waals surface area (Å²) in [5.74, 6) is 0. The Labute approximate surface area is 60.1 Å². The summed E-state index contributed by atoms with van der Waals surface area (Å²) in [4.78, 5) is 0. The summed E-state index contributed by atoms with van der Waals surface area (Å²) in [6.45, 7) is 4.26. The maximum atomic E-state index is 3.38. The van der Waals surface area contributed by atoms with Crippen LogP contribution in [0.3, 0.4) is 0 Å². The molecule has 0 N–H and O–H groups in total. The van der Waals surface area contributed by atoms with Gasteiger partial charge in [0.1, 0.15) is 0 Å². The molecule has 0 saturated heterocycles. The number of allylic oxidation sites excluding steroid dienone is 2. The SMILES string of the molecule is C/C=C(\C)CCCBr. The van der Waals surface area contributed by atoms with Gasteiger partial charge in [0.05, 0.1) is 0 Å². The molecule has 0 nitrogen and oxygen atoms in total. The minimum Gasteiger partial charge on any atom is -0.0928 e. The molecule has 0 unspecified atom stereocenters. The zero-order chi connectivity index (χ0) is 6.41. The molecule has 0 radical (unpaired) electrons. The van der Waals surface area contributed by atoms with E-state index in [1.165, 1.54) is 18.4 Å². The largest absolute Gasteiger partial charge is 0.0928 e. The first-order valence-corrected chi connectivity index (χ1v) is 4.11. The van der Waals surface area contributed by atoms with Gasteiger partial charge in [-0.05, 0) is 26.7 Å². The van der Waals surface area contributed by atoms with E-state index in [0.29, 0.717) is 0 Å². The third kappa shape index (κ3) is 4.38. The van der Waals surface area contributed by atoms with Crippen molar-refractivity contribution < 1.29 is 0 Å². The van der Waals surface area contributed by atoms with Crippen molar-refractivity contribution in [3.63, 3.8) is 0 Å². The van der Waals surface area contributed by atoms with Gasteiger partial charge >= 0.3 is 0 Å². The lowest BCUT2D eigenvalue weighted by Crippen LogP contribution is -1.76. The smallest absolute Gasteiger partial charge is 0.00343 e. The Bertz CT molecular complexity index is 74.5. The van der Waals surface area contributed by atoms with Gasteiger partial charge in [-0.2, -0.15) is 0 Å². The van der Waals surface area contributed by atoms with Gasteiger partial charge in [-0.3, -0.25) is 0 Å². The molecule has 0 rings (SSSR count). The van der Waals surface area contributed by atoms with Crippen molar-refractivity contribution in [1.82, 2.24) is 0 Å². The lowest BCUT2D eigenvalue weighted by Gasteiger charge is -1.93. The van der Waals surface area contributed by atoms with E-state index in [1.54, 1.807) is 0 Å². The highest BCUT2D eigenvalue weighted by Crippen LogP contribution is 2.03. The summed E-state index contributed by atoms with van der Waals surface area (Å²) < 4.78 is 0. The number of hydrogen-bond donors (Lipinski definition) is 0. The predicted molar refractivity (Wildman–Crippen MR) is 42.5 cm³/mol. The van der Waals surface area contributed by atoms with Crippen molar-refractivity contribution in [1.29, 1.82) is 0 Å². The highest BCUT2D eigenvalue weighted by atomic mass is 79.9. The predicted octanol–water partition coefficient (Wildman–Crippen LogP) is 3.13. The summed E-state index contributed by atoms with van der Waals surface area (Å²) in [6.07, 6.45) is 4.67. The average molecular weight is 177 g/mol. The minimum atomic E-state index is 1.12. The van der Waals surface area contributed by atoms with Crippen LogP contribution in [0.4, 0.5) is 0 Å². The molecule has 0 heterocycles. The van der Waals surface area contributed by atoms with E-state index in [4.69, 9.17) is 0 Å². The van der Waals surface area contributed by atoms with Gasteiger partial charge in [0.15, 0.2) is 0 Å². The van der Waals surface area contributed by atoms with Crippen LogP contribution < -0.4 is 0 Å². The third-order valence-electron chi connectivity index (χ3n) is 1.20. The van der Waals surface area contributed by atoms with E-state index >= 15 is 0 Å². The van der Waals surface area contributed by atoms with Crippen LogP contribution in [0.2, 0.25) is 0 Å².